The molecule has 0 amide bonds. The Balaban J connectivity index is 2.09. The predicted molar refractivity (Wildman–Crippen MR) is 63.0 cm³/mol. The fraction of sp³-hybridized carbons (Fsp3) is 0.571. The lowest BCUT2D eigenvalue weighted by Crippen LogP contribution is -2.25. The van der Waals surface area contributed by atoms with E-state index in [0.29, 0.717) is 24.5 Å². The standard InChI is InChI=1S/C14H18F2O/c1-9(2)8-17-11-5-3-10-4-6-13(15)14(16)12(10)7-11/h4,6,9,11H,3,5,7-8H2,1-2H3. The van der Waals surface area contributed by atoms with Gasteiger partial charge in [0.25, 0.3) is 0 Å². The molecule has 0 saturated heterocycles. The van der Waals surface area contributed by atoms with Gasteiger partial charge in [-0.2, -0.15) is 0 Å². The molecular formula is C14H18F2O. The fourth-order valence-electron chi connectivity index (χ4n) is 2.20. The highest BCUT2D eigenvalue weighted by Crippen LogP contribution is 2.27. The van der Waals surface area contributed by atoms with E-state index in [9.17, 15) is 8.78 Å². The van der Waals surface area contributed by atoms with Gasteiger partial charge in [0, 0.05) is 13.0 Å². The van der Waals surface area contributed by atoms with E-state index in [1.54, 1.807) is 6.07 Å². The monoisotopic (exact) mass is 240 g/mol. The Kier molecular flexibility index (Phi) is 3.77. The third-order valence-electron chi connectivity index (χ3n) is 3.13. The van der Waals surface area contributed by atoms with E-state index >= 15 is 0 Å². The molecule has 94 valence electrons. The van der Waals surface area contributed by atoms with E-state index in [4.69, 9.17) is 4.74 Å². The first kappa shape index (κ1) is 12.5. The minimum atomic E-state index is -0.756. The van der Waals surface area contributed by atoms with Gasteiger partial charge in [-0.25, -0.2) is 8.78 Å². The van der Waals surface area contributed by atoms with Crippen molar-refractivity contribution in [3.8, 4) is 0 Å². The van der Waals surface area contributed by atoms with Gasteiger partial charge in [-0.3, -0.25) is 0 Å². The molecule has 3 heteroatoms. The van der Waals surface area contributed by atoms with Crippen molar-refractivity contribution in [3.63, 3.8) is 0 Å². The number of halogens is 2. The normalized spacial score (nSPS) is 19.5. The molecule has 0 saturated carbocycles. The first-order chi connectivity index (χ1) is 8.08. The zero-order valence-electron chi connectivity index (χ0n) is 10.3. The summed E-state index contributed by atoms with van der Waals surface area (Å²) >= 11 is 0. The van der Waals surface area contributed by atoms with Crippen LogP contribution in [0.15, 0.2) is 12.1 Å². The molecule has 0 radical (unpaired) electrons. The summed E-state index contributed by atoms with van der Waals surface area (Å²) in [4.78, 5) is 0. The average molecular weight is 240 g/mol. The van der Waals surface area contributed by atoms with E-state index in [1.807, 2.05) is 0 Å². The van der Waals surface area contributed by atoms with Gasteiger partial charge in [0.2, 0.25) is 0 Å². The highest BCUT2D eigenvalue weighted by Gasteiger charge is 2.23. The molecule has 0 N–H and O–H groups in total. The molecule has 1 nitrogen and oxygen atoms in total. The highest BCUT2D eigenvalue weighted by atomic mass is 19.2. The van der Waals surface area contributed by atoms with Crippen molar-refractivity contribution >= 4 is 0 Å². The van der Waals surface area contributed by atoms with E-state index in [1.165, 1.54) is 6.07 Å². The molecule has 1 aromatic carbocycles. The Morgan fingerprint density at radius 2 is 2.12 bits per heavy atom. The average Bonchev–Trinajstić information content (AvgIpc) is 2.31. The second kappa shape index (κ2) is 5.13. The summed E-state index contributed by atoms with van der Waals surface area (Å²) in [6, 6.07) is 2.90. The Labute approximate surface area is 101 Å². The number of hydrogen-bond acceptors (Lipinski definition) is 1. The maximum Gasteiger partial charge on any atom is 0.162 e. The minimum Gasteiger partial charge on any atom is -0.378 e. The van der Waals surface area contributed by atoms with E-state index in [0.717, 1.165) is 18.4 Å². The summed E-state index contributed by atoms with van der Waals surface area (Å²) < 4.78 is 32.5. The third-order valence-corrected chi connectivity index (χ3v) is 3.13. The van der Waals surface area contributed by atoms with Crippen molar-refractivity contribution in [1.82, 2.24) is 0 Å². The van der Waals surface area contributed by atoms with Crippen LogP contribution >= 0.6 is 0 Å². The lowest BCUT2D eigenvalue weighted by molar-refractivity contribution is 0.0271. The van der Waals surface area contributed by atoms with Crippen LogP contribution in [-0.2, 0) is 17.6 Å². The number of ether oxygens (including phenoxy) is 1. The second-order valence-electron chi connectivity index (χ2n) is 5.09. The summed E-state index contributed by atoms with van der Waals surface area (Å²) in [6.07, 6.45) is 2.19. The largest absolute Gasteiger partial charge is 0.378 e. The summed E-state index contributed by atoms with van der Waals surface area (Å²) in [6.45, 7) is 4.84. The Bertz CT molecular complexity index is 401. The molecule has 0 spiro atoms. The second-order valence-corrected chi connectivity index (χ2v) is 5.09. The van der Waals surface area contributed by atoms with E-state index < -0.39 is 11.6 Å². The molecular weight excluding hydrogens is 222 g/mol. The quantitative estimate of drug-likeness (QED) is 0.785. The van der Waals surface area contributed by atoms with Crippen molar-refractivity contribution in [2.75, 3.05) is 6.61 Å². The van der Waals surface area contributed by atoms with Gasteiger partial charge in [0.1, 0.15) is 0 Å². The van der Waals surface area contributed by atoms with Crippen molar-refractivity contribution in [3.05, 3.63) is 34.9 Å². The zero-order chi connectivity index (χ0) is 12.4. The maximum absolute atomic E-state index is 13.6. The van der Waals surface area contributed by atoms with Crippen LogP contribution in [0.1, 0.15) is 31.4 Å². The predicted octanol–water partition coefficient (Wildman–Crippen LogP) is 3.49. The number of rotatable bonds is 3. The van der Waals surface area contributed by atoms with E-state index in [-0.39, 0.29) is 6.10 Å². The van der Waals surface area contributed by atoms with Crippen LogP contribution in [0, 0.1) is 17.6 Å². The summed E-state index contributed by atoms with van der Waals surface area (Å²) in [5, 5.41) is 0. The van der Waals surface area contributed by atoms with Gasteiger partial charge >= 0.3 is 0 Å². The van der Waals surface area contributed by atoms with Gasteiger partial charge in [-0.05, 0) is 36.0 Å². The first-order valence-electron chi connectivity index (χ1n) is 6.15. The molecule has 1 unspecified atom stereocenters. The molecule has 1 aliphatic rings. The molecule has 0 fully saturated rings. The van der Waals surface area contributed by atoms with Crippen molar-refractivity contribution in [2.45, 2.75) is 39.2 Å². The lowest BCUT2D eigenvalue weighted by atomic mass is 9.89. The number of benzene rings is 1. The molecule has 17 heavy (non-hydrogen) atoms. The van der Waals surface area contributed by atoms with Gasteiger partial charge in [-0.1, -0.05) is 19.9 Å². The Morgan fingerprint density at radius 1 is 1.35 bits per heavy atom. The van der Waals surface area contributed by atoms with Crippen LogP contribution in [0.25, 0.3) is 0 Å². The first-order valence-corrected chi connectivity index (χ1v) is 6.15. The zero-order valence-corrected chi connectivity index (χ0v) is 10.3. The minimum absolute atomic E-state index is 0.0289. The summed E-state index contributed by atoms with van der Waals surface area (Å²) in [5.41, 5.74) is 1.43. The topological polar surface area (TPSA) is 9.23 Å². The highest BCUT2D eigenvalue weighted by molar-refractivity contribution is 5.32. The third kappa shape index (κ3) is 2.83. The SMILES string of the molecule is CC(C)COC1CCc2ccc(F)c(F)c2C1. The molecule has 0 aliphatic heterocycles. The van der Waals surface area contributed by atoms with Crippen LogP contribution < -0.4 is 0 Å². The number of hydrogen-bond donors (Lipinski definition) is 0. The van der Waals surface area contributed by atoms with Crippen LogP contribution in [0.5, 0.6) is 0 Å². The summed E-state index contributed by atoms with van der Waals surface area (Å²) in [5.74, 6) is -0.984. The van der Waals surface area contributed by atoms with Gasteiger partial charge < -0.3 is 4.74 Å². The molecule has 1 aliphatic carbocycles. The molecule has 0 aromatic heterocycles. The molecule has 1 aromatic rings. The van der Waals surface area contributed by atoms with Gasteiger partial charge in [-0.15, -0.1) is 0 Å². The van der Waals surface area contributed by atoms with Crippen molar-refractivity contribution in [2.24, 2.45) is 5.92 Å². The Hall–Kier alpha value is -0.960. The van der Waals surface area contributed by atoms with Crippen LogP contribution in [-0.4, -0.2) is 12.7 Å². The van der Waals surface area contributed by atoms with Gasteiger partial charge in [0.15, 0.2) is 11.6 Å². The summed E-state index contributed by atoms with van der Waals surface area (Å²) in [7, 11) is 0. The van der Waals surface area contributed by atoms with Gasteiger partial charge in [0.05, 0.1) is 6.10 Å². The molecule has 2 rings (SSSR count). The van der Waals surface area contributed by atoms with Crippen LogP contribution in [0.2, 0.25) is 0 Å². The van der Waals surface area contributed by atoms with Crippen molar-refractivity contribution < 1.29 is 13.5 Å². The smallest absolute Gasteiger partial charge is 0.162 e. The van der Waals surface area contributed by atoms with Crippen LogP contribution in [0.3, 0.4) is 0 Å². The number of aryl methyl sites for hydroxylation is 1. The van der Waals surface area contributed by atoms with Crippen LogP contribution in [0.4, 0.5) is 8.78 Å². The molecule has 0 bridgehead atoms. The Morgan fingerprint density at radius 3 is 2.82 bits per heavy atom. The molecule has 1 atom stereocenters. The fourth-order valence-corrected chi connectivity index (χ4v) is 2.20. The van der Waals surface area contributed by atoms with E-state index in [2.05, 4.69) is 13.8 Å². The maximum atomic E-state index is 13.6. The molecule has 0 heterocycles. The lowest BCUT2D eigenvalue weighted by Gasteiger charge is -2.26. The number of fused-ring (bicyclic) bond motifs is 1. The van der Waals surface area contributed by atoms with Crippen molar-refractivity contribution in [1.29, 1.82) is 0 Å².